The SMILES string of the molecule is COc1ccc(CC(O)c2cnns2)cc1Br. The van der Waals surface area contributed by atoms with Gasteiger partial charge in [-0.05, 0) is 45.2 Å². The van der Waals surface area contributed by atoms with Crippen molar-refractivity contribution in [1.82, 2.24) is 9.59 Å². The maximum Gasteiger partial charge on any atom is 0.133 e. The number of ether oxygens (including phenoxy) is 1. The van der Waals surface area contributed by atoms with E-state index >= 15 is 0 Å². The second kappa shape index (κ2) is 5.57. The summed E-state index contributed by atoms with van der Waals surface area (Å²) in [6.07, 6.45) is 1.57. The molecule has 0 amide bonds. The van der Waals surface area contributed by atoms with Gasteiger partial charge in [-0.3, -0.25) is 0 Å². The van der Waals surface area contributed by atoms with Crippen molar-refractivity contribution in [2.45, 2.75) is 12.5 Å². The van der Waals surface area contributed by atoms with E-state index in [0.29, 0.717) is 6.42 Å². The Labute approximate surface area is 112 Å². The average Bonchev–Trinajstić information content (AvgIpc) is 2.82. The van der Waals surface area contributed by atoms with E-state index in [4.69, 9.17) is 4.74 Å². The molecule has 1 unspecified atom stereocenters. The first-order valence-corrected chi connectivity index (χ1v) is 6.55. The van der Waals surface area contributed by atoms with E-state index in [1.165, 1.54) is 11.5 Å². The second-order valence-corrected chi connectivity index (χ2v) is 5.18. The molecule has 17 heavy (non-hydrogen) atoms. The number of hydrogen-bond acceptors (Lipinski definition) is 5. The number of aliphatic hydroxyl groups excluding tert-OH is 1. The normalized spacial score (nSPS) is 12.4. The first kappa shape index (κ1) is 12.5. The van der Waals surface area contributed by atoms with Gasteiger partial charge >= 0.3 is 0 Å². The topological polar surface area (TPSA) is 55.2 Å². The summed E-state index contributed by atoms with van der Waals surface area (Å²) in [6.45, 7) is 0. The second-order valence-electron chi connectivity index (χ2n) is 3.51. The minimum absolute atomic E-state index is 0.534. The molecule has 4 nitrogen and oxygen atoms in total. The van der Waals surface area contributed by atoms with Crippen LogP contribution in [0.5, 0.6) is 5.75 Å². The van der Waals surface area contributed by atoms with E-state index in [9.17, 15) is 5.11 Å². The molecule has 2 aromatic rings. The van der Waals surface area contributed by atoms with Crippen LogP contribution in [0.1, 0.15) is 16.5 Å². The van der Waals surface area contributed by atoms with Gasteiger partial charge < -0.3 is 9.84 Å². The van der Waals surface area contributed by atoms with Crippen molar-refractivity contribution in [3.8, 4) is 5.75 Å². The van der Waals surface area contributed by atoms with E-state index in [1.807, 2.05) is 18.2 Å². The van der Waals surface area contributed by atoms with Crippen LogP contribution in [-0.4, -0.2) is 21.8 Å². The third-order valence-electron chi connectivity index (χ3n) is 2.35. The quantitative estimate of drug-likeness (QED) is 0.942. The third kappa shape index (κ3) is 3.02. The fourth-order valence-electron chi connectivity index (χ4n) is 1.48. The minimum Gasteiger partial charge on any atom is -0.496 e. The molecule has 1 heterocycles. The average molecular weight is 315 g/mol. The zero-order valence-electron chi connectivity index (χ0n) is 9.13. The number of methoxy groups -OCH3 is 1. The van der Waals surface area contributed by atoms with E-state index in [-0.39, 0.29) is 0 Å². The van der Waals surface area contributed by atoms with Gasteiger partial charge in [0.1, 0.15) is 5.75 Å². The van der Waals surface area contributed by atoms with Crippen LogP contribution >= 0.6 is 27.5 Å². The lowest BCUT2D eigenvalue weighted by Gasteiger charge is -2.09. The number of nitrogens with zero attached hydrogens (tertiary/aromatic N) is 2. The molecule has 0 aliphatic heterocycles. The highest BCUT2D eigenvalue weighted by Crippen LogP contribution is 2.28. The van der Waals surface area contributed by atoms with Crippen molar-refractivity contribution >= 4 is 27.5 Å². The highest BCUT2D eigenvalue weighted by molar-refractivity contribution is 9.10. The molecule has 1 aromatic heterocycles. The number of aliphatic hydroxyl groups is 1. The zero-order chi connectivity index (χ0) is 12.3. The van der Waals surface area contributed by atoms with Crippen LogP contribution in [0.3, 0.4) is 0 Å². The Morgan fingerprint density at radius 3 is 2.94 bits per heavy atom. The molecule has 2 rings (SSSR count). The molecular weight excluding hydrogens is 304 g/mol. The van der Waals surface area contributed by atoms with Gasteiger partial charge in [0.15, 0.2) is 0 Å². The number of benzene rings is 1. The summed E-state index contributed by atoms with van der Waals surface area (Å²) in [4.78, 5) is 0.775. The monoisotopic (exact) mass is 314 g/mol. The highest BCUT2D eigenvalue weighted by atomic mass is 79.9. The first-order valence-electron chi connectivity index (χ1n) is 4.98. The Kier molecular flexibility index (Phi) is 4.09. The molecular formula is C11H11BrN2O2S. The van der Waals surface area contributed by atoms with Gasteiger partial charge in [0.05, 0.1) is 28.8 Å². The van der Waals surface area contributed by atoms with Crippen molar-refractivity contribution in [3.63, 3.8) is 0 Å². The van der Waals surface area contributed by atoms with Crippen molar-refractivity contribution in [2.75, 3.05) is 7.11 Å². The molecule has 0 saturated heterocycles. The van der Waals surface area contributed by atoms with Crippen LogP contribution in [0.15, 0.2) is 28.9 Å². The van der Waals surface area contributed by atoms with Crippen LogP contribution in [0.25, 0.3) is 0 Å². The number of aromatic nitrogens is 2. The summed E-state index contributed by atoms with van der Waals surface area (Å²) in [6, 6.07) is 5.74. The molecule has 6 heteroatoms. The van der Waals surface area contributed by atoms with Crippen molar-refractivity contribution in [3.05, 3.63) is 39.3 Å². The van der Waals surface area contributed by atoms with Crippen molar-refractivity contribution in [2.24, 2.45) is 0 Å². The van der Waals surface area contributed by atoms with Crippen LogP contribution < -0.4 is 4.74 Å². The molecule has 0 bridgehead atoms. The van der Waals surface area contributed by atoms with E-state index in [1.54, 1.807) is 13.3 Å². The lowest BCUT2D eigenvalue weighted by molar-refractivity contribution is 0.182. The standard InChI is InChI=1S/C11H11BrN2O2S/c1-16-10-3-2-7(4-8(10)12)5-9(15)11-6-13-14-17-11/h2-4,6,9,15H,5H2,1H3. The van der Waals surface area contributed by atoms with Gasteiger partial charge in [-0.15, -0.1) is 5.10 Å². The summed E-state index contributed by atoms with van der Waals surface area (Å²) in [7, 11) is 1.62. The molecule has 0 fully saturated rings. The van der Waals surface area contributed by atoms with Gasteiger partial charge in [-0.1, -0.05) is 10.6 Å². The van der Waals surface area contributed by atoms with Crippen LogP contribution in [0.2, 0.25) is 0 Å². The van der Waals surface area contributed by atoms with E-state index in [0.717, 1.165) is 20.7 Å². The molecule has 1 N–H and O–H groups in total. The molecule has 0 saturated carbocycles. The number of halogens is 1. The molecule has 90 valence electrons. The molecule has 0 aliphatic carbocycles. The Hall–Kier alpha value is -0.980. The molecule has 1 atom stereocenters. The van der Waals surface area contributed by atoms with Crippen LogP contribution in [-0.2, 0) is 6.42 Å². The smallest absolute Gasteiger partial charge is 0.133 e. The first-order chi connectivity index (χ1) is 8.20. The molecule has 1 aromatic carbocycles. The predicted molar refractivity (Wildman–Crippen MR) is 69.3 cm³/mol. The summed E-state index contributed by atoms with van der Waals surface area (Å²) in [5.41, 5.74) is 1.03. The maximum atomic E-state index is 9.96. The maximum absolute atomic E-state index is 9.96. The van der Waals surface area contributed by atoms with Gasteiger partial charge in [0, 0.05) is 6.42 Å². The molecule has 0 spiro atoms. The van der Waals surface area contributed by atoms with E-state index < -0.39 is 6.10 Å². The summed E-state index contributed by atoms with van der Waals surface area (Å²) < 4.78 is 9.76. The number of rotatable bonds is 4. The molecule has 0 aliphatic rings. The van der Waals surface area contributed by atoms with Crippen molar-refractivity contribution in [1.29, 1.82) is 0 Å². The van der Waals surface area contributed by atoms with Gasteiger partial charge in [-0.2, -0.15) is 0 Å². The lowest BCUT2D eigenvalue weighted by Crippen LogP contribution is -1.99. The fraction of sp³-hybridized carbons (Fsp3) is 0.273. The third-order valence-corrected chi connectivity index (χ3v) is 3.74. The van der Waals surface area contributed by atoms with Crippen molar-refractivity contribution < 1.29 is 9.84 Å². The fourth-order valence-corrected chi connectivity index (χ4v) is 2.56. The van der Waals surface area contributed by atoms with Gasteiger partial charge in [-0.25, -0.2) is 0 Å². The number of hydrogen-bond donors (Lipinski definition) is 1. The molecule has 0 radical (unpaired) electrons. The van der Waals surface area contributed by atoms with Crippen LogP contribution in [0, 0.1) is 0 Å². The summed E-state index contributed by atoms with van der Waals surface area (Å²) in [5.74, 6) is 0.780. The predicted octanol–water partition coefficient (Wildman–Crippen LogP) is 2.59. The van der Waals surface area contributed by atoms with Gasteiger partial charge in [0.2, 0.25) is 0 Å². The Bertz CT molecular complexity index is 490. The van der Waals surface area contributed by atoms with E-state index in [2.05, 4.69) is 25.5 Å². The Morgan fingerprint density at radius 2 is 2.35 bits per heavy atom. The zero-order valence-corrected chi connectivity index (χ0v) is 11.5. The lowest BCUT2D eigenvalue weighted by atomic mass is 10.1. The van der Waals surface area contributed by atoms with Crippen LogP contribution in [0.4, 0.5) is 0 Å². The summed E-state index contributed by atoms with van der Waals surface area (Å²) in [5, 5.41) is 13.7. The van der Waals surface area contributed by atoms with Gasteiger partial charge in [0.25, 0.3) is 0 Å². The Morgan fingerprint density at radius 1 is 1.53 bits per heavy atom. The summed E-state index contributed by atoms with van der Waals surface area (Å²) >= 11 is 4.63. The minimum atomic E-state index is -0.560. The largest absolute Gasteiger partial charge is 0.496 e. The highest BCUT2D eigenvalue weighted by Gasteiger charge is 2.12. The Balaban J connectivity index is 2.11.